The largest absolute Gasteiger partial charge is 0.321 e. The van der Waals surface area contributed by atoms with E-state index in [0.717, 1.165) is 49.7 Å². The van der Waals surface area contributed by atoms with Crippen LogP contribution in [0.2, 0.25) is 0 Å². The quantitative estimate of drug-likeness (QED) is 0.840. The Labute approximate surface area is 129 Å². The Bertz CT molecular complexity index is 784. The van der Waals surface area contributed by atoms with Gasteiger partial charge >= 0.3 is 0 Å². The fourth-order valence-electron chi connectivity index (χ4n) is 3.20. The molecule has 5 nitrogen and oxygen atoms in total. The predicted octanol–water partition coefficient (Wildman–Crippen LogP) is 2.41. The molecule has 1 amide bonds. The van der Waals surface area contributed by atoms with Gasteiger partial charge in [-0.25, -0.2) is 13.1 Å². The highest BCUT2D eigenvalue weighted by atomic mass is 32.2. The zero-order valence-corrected chi connectivity index (χ0v) is 13.0. The van der Waals surface area contributed by atoms with Gasteiger partial charge in [-0.1, -0.05) is 5.57 Å². The Morgan fingerprint density at radius 1 is 1.14 bits per heavy atom. The first kappa shape index (κ1) is 14.0. The van der Waals surface area contributed by atoms with Crippen LogP contribution in [0, 0.1) is 0 Å². The normalized spacial score (nSPS) is 21.2. The minimum Gasteiger partial charge on any atom is -0.321 e. The highest BCUT2D eigenvalue weighted by Crippen LogP contribution is 2.40. The number of hydrogen-bond acceptors (Lipinski definition) is 3. The minimum atomic E-state index is -3.49. The van der Waals surface area contributed by atoms with Gasteiger partial charge in [-0.15, -0.1) is 0 Å². The maximum absolute atomic E-state index is 12.4. The number of hydrogen-bond donors (Lipinski definition) is 2. The van der Waals surface area contributed by atoms with E-state index in [4.69, 9.17) is 0 Å². The molecule has 4 rings (SSSR count). The van der Waals surface area contributed by atoms with Crippen LogP contribution in [0.4, 0.5) is 5.69 Å². The molecular formula is C16H18N2O3S. The van der Waals surface area contributed by atoms with E-state index in [0.29, 0.717) is 11.3 Å². The number of fused-ring (bicyclic) bond motifs is 1. The highest BCUT2D eigenvalue weighted by Gasteiger charge is 2.32. The first-order valence-electron chi connectivity index (χ1n) is 7.75. The summed E-state index contributed by atoms with van der Waals surface area (Å²) in [6.45, 7) is 0. The molecule has 2 fully saturated rings. The van der Waals surface area contributed by atoms with Crippen LogP contribution in [0.25, 0.3) is 5.57 Å². The van der Waals surface area contributed by atoms with Crippen molar-refractivity contribution in [1.82, 2.24) is 4.72 Å². The van der Waals surface area contributed by atoms with Gasteiger partial charge in [-0.3, -0.25) is 4.79 Å². The van der Waals surface area contributed by atoms with Crippen LogP contribution >= 0.6 is 0 Å². The average Bonchev–Trinajstić information content (AvgIpc) is 3.00. The van der Waals surface area contributed by atoms with Crippen molar-refractivity contribution in [2.45, 2.75) is 49.5 Å². The van der Waals surface area contributed by atoms with Crippen molar-refractivity contribution in [2.24, 2.45) is 0 Å². The van der Waals surface area contributed by atoms with Gasteiger partial charge in [-0.05, 0) is 56.7 Å². The third-order valence-electron chi connectivity index (χ3n) is 4.51. The predicted molar refractivity (Wildman–Crippen MR) is 83.8 cm³/mol. The lowest BCUT2D eigenvalue weighted by Gasteiger charge is -2.08. The molecule has 1 heterocycles. The topological polar surface area (TPSA) is 75.3 Å². The number of carbonyl (C=O) groups is 1. The van der Waals surface area contributed by atoms with E-state index in [9.17, 15) is 13.2 Å². The fourth-order valence-corrected chi connectivity index (χ4v) is 4.54. The van der Waals surface area contributed by atoms with Gasteiger partial charge in [0.1, 0.15) is 0 Å². The van der Waals surface area contributed by atoms with E-state index >= 15 is 0 Å². The van der Waals surface area contributed by atoms with E-state index in [-0.39, 0.29) is 16.8 Å². The molecule has 0 atom stereocenters. The molecule has 2 aliphatic carbocycles. The molecule has 0 unspecified atom stereocenters. The standard InChI is InChI=1S/C16H18N2O3S/c19-16-15(10-3-1-2-4-10)13-9-12(7-8-14(13)17-16)22(20,21)18-11-5-6-11/h7-9,11,18H,1-6H2,(H,17,19). The number of sulfonamides is 1. The van der Waals surface area contributed by atoms with Crippen molar-refractivity contribution in [3.05, 3.63) is 29.3 Å². The molecule has 0 bridgehead atoms. The molecule has 0 saturated heterocycles. The fraction of sp³-hybridized carbons (Fsp3) is 0.438. The second-order valence-electron chi connectivity index (χ2n) is 6.24. The molecule has 116 valence electrons. The summed E-state index contributed by atoms with van der Waals surface area (Å²) in [6.07, 6.45) is 5.86. The summed E-state index contributed by atoms with van der Waals surface area (Å²) < 4.78 is 27.4. The van der Waals surface area contributed by atoms with Crippen molar-refractivity contribution >= 4 is 27.2 Å². The smallest absolute Gasteiger partial charge is 0.256 e. The van der Waals surface area contributed by atoms with Crippen molar-refractivity contribution in [3.8, 4) is 0 Å². The van der Waals surface area contributed by atoms with Crippen LogP contribution in [0.5, 0.6) is 0 Å². The van der Waals surface area contributed by atoms with Gasteiger partial charge in [0.2, 0.25) is 10.0 Å². The second-order valence-corrected chi connectivity index (χ2v) is 7.96. The van der Waals surface area contributed by atoms with Crippen molar-refractivity contribution in [2.75, 3.05) is 5.32 Å². The summed E-state index contributed by atoms with van der Waals surface area (Å²) >= 11 is 0. The van der Waals surface area contributed by atoms with E-state index < -0.39 is 10.0 Å². The number of allylic oxidation sites excluding steroid dienone is 1. The Morgan fingerprint density at radius 3 is 2.55 bits per heavy atom. The third kappa shape index (κ3) is 2.36. The summed E-state index contributed by atoms with van der Waals surface area (Å²) in [6, 6.07) is 4.97. The zero-order chi connectivity index (χ0) is 15.3. The Kier molecular flexibility index (Phi) is 3.13. The van der Waals surface area contributed by atoms with Crippen LogP contribution in [0.15, 0.2) is 28.7 Å². The van der Waals surface area contributed by atoms with Gasteiger partial charge in [-0.2, -0.15) is 0 Å². The zero-order valence-electron chi connectivity index (χ0n) is 12.2. The van der Waals surface area contributed by atoms with Gasteiger partial charge in [0.15, 0.2) is 0 Å². The summed E-state index contributed by atoms with van der Waals surface area (Å²) in [5.41, 5.74) is 3.29. The van der Waals surface area contributed by atoms with Crippen LogP contribution in [0.1, 0.15) is 44.1 Å². The van der Waals surface area contributed by atoms with Gasteiger partial charge in [0, 0.05) is 22.9 Å². The van der Waals surface area contributed by atoms with Crippen molar-refractivity contribution in [1.29, 1.82) is 0 Å². The van der Waals surface area contributed by atoms with Gasteiger partial charge < -0.3 is 5.32 Å². The SMILES string of the molecule is O=C1Nc2ccc(S(=O)(=O)NC3CC3)cc2C1=C1CCCC1. The van der Waals surface area contributed by atoms with Gasteiger partial charge in [0.05, 0.1) is 4.90 Å². The summed E-state index contributed by atoms with van der Waals surface area (Å²) in [7, 11) is -3.49. The minimum absolute atomic E-state index is 0.0747. The lowest BCUT2D eigenvalue weighted by Crippen LogP contribution is -2.25. The number of anilines is 1. The molecule has 0 spiro atoms. The molecule has 1 aromatic carbocycles. The number of carbonyl (C=O) groups excluding carboxylic acids is 1. The van der Waals surface area contributed by atoms with Crippen molar-refractivity contribution in [3.63, 3.8) is 0 Å². The average molecular weight is 318 g/mol. The summed E-state index contributed by atoms with van der Waals surface area (Å²) in [4.78, 5) is 12.5. The first-order chi connectivity index (χ1) is 10.5. The van der Waals surface area contributed by atoms with Crippen molar-refractivity contribution < 1.29 is 13.2 Å². The molecule has 2 saturated carbocycles. The van der Waals surface area contributed by atoms with Gasteiger partial charge in [0.25, 0.3) is 5.91 Å². The van der Waals surface area contributed by atoms with E-state index in [1.807, 2.05) is 0 Å². The lowest BCUT2D eigenvalue weighted by atomic mass is 10.00. The lowest BCUT2D eigenvalue weighted by molar-refractivity contribution is -0.110. The molecule has 6 heteroatoms. The number of rotatable bonds is 3. The van der Waals surface area contributed by atoms with E-state index in [1.54, 1.807) is 18.2 Å². The maximum atomic E-state index is 12.4. The Hall–Kier alpha value is -1.66. The van der Waals surface area contributed by atoms with Crippen LogP contribution in [-0.2, 0) is 14.8 Å². The maximum Gasteiger partial charge on any atom is 0.256 e. The van der Waals surface area contributed by atoms with E-state index in [2.05, 4.69) is 10.0 Å². The number of benzene rings is 1. The summed E-state index contributed by atoms with van der Waals surface area (Å²) in [5.74, 6) is -0.100. The molecule has 0 aromatic heterocycles. The Balaban J connectivity index is 1.78. The van der Waals surface area contributed by atoms with E-state index in [1.165, 1.54) is 0 Å². The van der Waals surface area contributed by atoms with Crippen LogP contribution in [-0.4, -0.2) is 20.4 Å². The molecule has 0 radical (unpaired) electrons. The van der Waals surface area contributed by atoms with Crippen LogP contribution < -0.4 is 10.0 Å². The highest BCUT2D eigenvalue weighted by molar-refractivity contribution is 7.89. The Morgan fingerprint density at radius 2 is 1.86 bits per heavy atom. The monoisotopic (exact) mass is 318 g/mol. The molecule has 3 aliphatic rings. The summed E-state index contributed by atoms with van der Waals surface area (Å²) in [5, 5.41) is 2.84. The number of amides is 1. The molecule has 22 heavy (non-hydrogen) atoms. The van der Waals surface area contributed by atoms with Crippen LogP contribution in [0.3, 0.4) is 0 Å². The number of nitrogens with one attached hydrogen (secondary N) is 2. The molecule has 1 aromatic rings. The first-order valence-corrected chi connectivity index (χ1v) is 9.23. The second kappa shape index (κ2) is 4.93. The molecule has 1 aliphatic heterocycles. The third-order valence-corrected chi connectivity index (χ3v) is 6.02. The molecular weight excluding hydrogens is 300 g/mol. The molecule has 2 N–H and O–H groups in total.